The van der Waals surface area contributed by atoms with Gasteiger partial charge < -0.3 is 19.9 Å². The van der Waals surface area contributed by atoms with Crippen molar-refractivity contribution in [1.82, 2.24) is 4.98 Å². The van der Waals surface area contributed by atoms with Gasteiger partial charge in [-0.2, -0.15) is 0 Å². The SMILES string of the molecule is COC(=O)c1[nH]c2ccc(F)cc2c1NC(=O)CC[NH+]1CCCC1. The van der Waals surface area contributed by atoms with Crippen LogP contribution in [0.4, 0.5) is 10.1 Å². The summed E-state index contributed by atoms with van der Waals surface area (Å²) in [4.78, 5) is 28.5. The van der Waals surface area contributed by atoms with Gasteiger partial charge in [0.2, 0.25) is 5.91 Å². The number of nitrogens with one attached hydrogen (secondary N) is 3. The molecule has 0 radical (unpaired) electrons. The Morgan fingerprint density at radius 3 is 2.79 bits per heavy atom. The number of hydrogen-bond acceptors (Lipinski definition) is 3. The topological polar surface area (TPSA) is 75.6 Å². The second-order valence-corrected chi connectivity index (χ2v) is 6.06. The number of halogens is 1. The van der Waals surface area contributed by atoms with Crippen molar-refractivity contribution in [2.75, 3.05) is 32.1 Å². The Morgan fingerprint density at radius 2 is 2.08 bits per heavy atom. The van der Waals surface area contributed by atoms with E-state index >= 15 is 0 Å². The van der Waals surface area contributed by atoms with Crippen LogP contribution in [0.25, 0.3) is 10.9 Å². The van der Waals surface area contributed by atoms with Crippen molar-refractivity contribution in [2.24, 2.45) is 0 Å². The average molecular weight is 334 g/mol. The molecule has 2 heterocycles. The fourth-order valence-electron chi connectivity index (χ4n) is 3.17. The van der Waals surface area contributed by atoms with E-state index in [1.54, 1.807) is 0 Å². The van der Waals surface area contributed by atoms with Crippen molar-refractivity contribution in [1.29, 1.82) is 0 Å². The molecule has 1 amide bonds. The lowest BCUT2D eigenvalue weighted by Crippen LogP contribution is -3.10. The van der Waals surface area contributed by atoms with Gasteiger partial charge in [-0.25, -0.2) is 9.18 Å². The molecule has 1 aromatic carbocycles. The van der Waals surface area contributed by atoms with Crippen LogP contribution in [0.3, 0.4) is 0 Å². The molecule has 1 aliphatic rings. The monoisotopic (exact) mass is 334 g/mol. The zero-order chi connectivity index (χ0) is 17.1. The molecule has 128 valence electrons. The second kappa shape index (κ2) is 7.00. The predicted octanol–water partition coefficient (Wildman–Crippen LogP) is 1.10. The Bertz CT molecular complexity index is 766. The minimum Gasteiger partial charge on any atom is -0.464 e. The zero-order valence-electron chi connectivity index (χ0n) is 13.6. The lowest BCUT2D eigenvalue weighted by atomic mass is 10.2. The first-order valence-corrected chi connectivity index (χ1v) is 8.11. The number of esters is 1. The first kappa shape index (κ1) is 16.4. The van der Waals surface area contributed by atoms with Gasteiger partial charge in [-0.1, -0.05) is 0 Å². The summed E-state index contributed by atoms with van der Waals surface area (Å²) < 4.78 is 18.3. The highest BCUT2D eigenvalue weighted by molar-refractivity contribution is 6.10. The third kappa shape index (κ3) is 3.41. The molecule has 0 atom stereocenters. The minimum atomic E-state index is -0.605. The Balaban J connectivity index is 1.81. The molecule has 7 heteroatoms. The molecule has 2 aromatic rings. The lowest BCUT2D eigenvalue weighted by molar-refractivity contribution is -0.886. The van der Waals surface area contributed by atoms with E-state index in [9.17, 15) is 14.0 Å². The summed E-state index contributed by atoms with van der Waals surface area (Å²) in [7, 11) is 1.26. The predicted molar refractivity (Wildman–Crippen MR) is 87.6 cm³/mol. The first-order chi connectivity index (χ1) is 11.6. The van der Waals surface area contributed by atoms with E-state index in [4.69, 9.17) is 4.74 Å². The second-order valence-electron chi connectivity index (χ2n) is 6.06. The Morgan fingerprint density at radius 1 is 1.33 bits per heavy atom. The van der Waals surface area contributed by atoms with E-state index < -0.39 is 11.8 Å². The zero-order valence-corrected chi connectivity index (χ0v) is 13.6. The number of aromatic nitrogens is 1. The summed E-state index contributed by atoms with van der Waals surface area (Å²) in [5, 5.41) is 3.20. The van der Waals surface area contributed by atoms with E-state index in [-0.39, 0.29) is 17.3 Å². The highest BCUT2D eigenvalue weighted by Crippen LogP contribution is 2.29. The highest BCUT2D eigenvalue weighted by atomic mass is 19.1. The molecule has 0 unspecified atom stereocenters. The highest BCUT2D eigenvalue weighted by Gasteiger charge is 2.22. The van der Waals surface area contributed by atoms with Crippen molar-refractivity contribution in [3.8, 4) is 0 Å². The van der Waals surface area contributed by atoms with E-state index in [1.165, 1.54) is 43.1 Å². The van der Waals surface area contributed by atoms with Gasteiger partial charge in [-0.15, -0.1) is 0 Å². The van der Waals surface area contributed by atoms with Crippen molar-refractivity contribution < 1.29 is 23.6 Å². The van der Waals surface area contributed by atoms with E-state index in [1.807, 2.05) is 0 Å². The molecule has 1 aliphatic heterocycles. The summed E-state index contributed by atoms with van der Waals surface area (Å²) in [5.41, 5.74) is 0.968. The maximum Gasteiger partial charge on any atom is 0.356 e. The van der Waals surface area contributed by atoms with Gasteiger partial charge in [0, 0.05) is 23.7 Å². The third-order valence-corrected chi connectivity index (χ3v) is 4.43. The molecular formula is C17H21FN3O3+. The molecule has 0 saturated carbocycles. The number of likely N-dealkylation sites (tertiary alicyclic amines) is 1. The molecule has 0 aliphatic carbocycles. The largest absolute Gasteiger partial charge is 0.464 e. The van der Waals surface area contributed by atoms with Crippen molar-refractivity contribution >= 4 is 28.5 Å². The maximum absolute atomic E-state index is 13.6. The van der Waals surface area contributed by atoms with Gasteiger partial charge in [-0.3, -0.25) is 4.79 Å². The number of carbonyl (C=O) groups is 2. The number of quaternary nitrogens is 1. The van der Waals surface area contributed by atoms with Gasteiger partial charge in [0.1, 0.15) is 11.5 Å². The minimum absolute atomic E-state index is 0.125. The summed E-state index contributed by atoms with van der Waals surface area (Å²) in [6.07, 6.45) is 2.76. The number of amides is 1. The Labute approximate surface area is 139 Å². The van der Waals surface area contributed by atoms with Crippen LogP contribution in [0.2, 0.25) is 0 Å². The molecule has 0 bridgehead atoms. The number of rotatable bonds is 5. The van der Waals surface area contributed by atoms with Gasteiger partial charge in [0.05, 0.1) is 38.9 Å². The van der Waals surface area contributed by atoms with Crippen LogP contribution in [-0.4, -0.2) is 43.6 Å². The van der Waals surface area contributed by atoms with Gasteiger partial charge >= 0.3 is 5.97 Å². The van der Waals surface area contributed by atoms with Crippen LogP contribution in [0.5, 0.6) is 0 Å². The Hall–Kier alpha value is -2.41. The number of carbonyl (C=O) groups excluding carboxylic acids is 2. The van der Waals surface area contributed by atoms with Gasteiger partial charge in [0.15, 0.2) is 0 Å². The van der Waals surface area contributed by atoms with E-state index in [2.05, 4.69) is 10.3 Å². The van der Waals surface area contributed by atoms with Crippen LogP contribution in [0, 0.1) is 5.82 Å². The number of hydrogen-bond donors (Lipinski definition) is 3. The first-order valence-electron chi connectivity index (χ1n) is 8.11. The number of anilines is 1. The molecule has 24 heavy (non-hydrogen) atoms. The maximum atomic E-state index is 13.6. The summed E-state index contributed by atoms with van der Waals surface area (Å²) in [6.45, 7) is 2.95. The van der Waals surface area contributed by atoms with Crippen LogP contribution < -0.4 is 10.2 Å². The summed E-state index contributed by atoms with van der Waals surface area (Å²) >= 11 is 0. The molecule has 3 rings (SSSR count). The quantitative estimate of drug-likeness (QED) is 0.717. The van der Waals surface area contributed by atoms with Crippen LogP contribution >= 0.6 is 0 Å². The molecule has 1 fully saturated rings. The fraction of sp³-hybridized carbons (Fsp3) is 0.412. The van der Waals surface area contributed by atoms with Gasteiger partial charge in [0.25, 0.3) is 0 Å². The number of methoxy groups -OCH3 is 1. The van der Waals surface area contributed by atoms with E-state index in [0.29, 0.717) is 17.3 Å². The summed E-state index contributed by atoms with van der Waals surface area (Å²) in [6, 6.07) is 4.11. The van der Waals surface area contributed by atoms with Gasteiger partial charge in [-0.05, 0) is 18.2 Å². The Kier molecular flexibility index (Phi) is 4.80. The lowest BCUT2D eigenvalue weighted by Gasteiger charge is -2.12. The number of fused-ring (bicyclic) bond motifs is 1. The van der Waals surface area contributed by atoms with E-state index in [0.717, 1.165) is 19.6 Å². The fourth-order valence-corrected chi connectivity index (χ4v) is 3.17. The van der Waals surface area contributed by atoms with Crippen LogP contribution in [0.15, 0.2) is 18.2 Å². The van der Waals surface area contributed by atoms with Crippen molar-refractivity contribution in [3.63, 3.8) is 0 Å². The number of benzene rings is 1. The number of ether oxygens (including phenoxy) is 1. The molecule has 6 nitrogen and oxygen atoms in total. The van der Waals surface area contributed by atoms with Crippen molar-refractivity contribution in [2.45, 2.75) is 19.3 Å². The number of H-pyrrole nitrogens is 1. The average Bonchev–Trinajstić information content (AvgIpc) is 3.20. The summed E-state index contributed by atoms with van der Waals surface area (Å²) in [5.74, 6) is -1.23. The van der Waals surface area contributed by atoms with Crippen molar-refractivity contribution in [3.05, 3.63) is 29.7 Å². The number of aromatic amines is 1. The van der Waals surface area contributed by atoms with Crippen LogP contribution in [-0.2, 0) is 9.53 Å². The normalized spacial score (nSPS) is 14.9. The molecular weight excluding hydrogens is 313 g/mol. The third-order valence-electron chi connectivity index (χ3n) is 4.43. The molecule has 3 N–H and O–H groups in total. The van der Waals surface area contributed by atoms with Crippen LogP contribution in [0.1, 0.15) is 29.8 Å². The standard InChI is InChI=1S/C17H20FN3O3/c1-24-17(23)16-15(12-10-11(18)4-5-13(12)19-16)20-14(22)6-9-21-7-2-3-8-21/h4-5,10,19H,2-3,6-9H2,1H3,(H,20,22)/p+1. The smallest absolute Gasteiger partial charge is 0.356 e. The molecule has 0 spiro atoms. The molecule has 1 aromatic heterocycles. The molecule has 1 saturated heterocycles.